The highest BCUT2D eigenvalue weighted by atomic mass is 16.7. The van der Waals surface area contributed by atoms with E-state index in [4.69, 9.17) is 14.2 Å². The van der Waals surface area contributed by atoms with Gasteiger partial charge in [-0.1, -0.05) is 0 Å². The SMILES string of the molecule is O=[N+]([O-])c1ncccc1OCCC1OCCCO1. The third kappa shape index (κ3) is 3.38. The van der Waals surface area contributed by atoms with Crippen molar-refractivity contribution in [1.82, 2.24) is 4.98 Å². The molecule has 1 aliphatic rings. The monoisotopic (exact) mass is 254 g/mol. The van der Waals surface area contributed by atoms with Crippen molar-refractivity contribution in [2.45, 2.75) is 19.1 Å². The molecule has 0 unspecified atom stereocenters. The van der Waals surface area contributed by atoms with Gasteiger partial charge in [0.15, 0.2) is 6.29 Å². The van der Waals surface area contributed by atoms with Crippen molar-refractivity contribution >= 4 is 5.82 Å². The van der Waals surface area contributed by atoms with E-state index in [0.29, 0.717) is 19.6 Å². The van der Waals surface area contributed by atoms with Crippen molar-refractivity contribution in [3.8, 4) is 5.75 Å². The van der Waals surface area contributed by atoms with Crippen LogP contribution in [0.4, 0.5) is 5.82 Å². The minimum atomic E-state index is -0.567. The molecule has 0 radical (unpaired) electrons. The summed E-state index contributed by atoms with van der Waals surface area (Å²) >= 11 is 0. The molecule has 7 heteroatoms. The van der Waals surface area contributed by atoms with Gasteiger partial charge in [0.1, 0.15) is 6.20 Å². The topological polar surface area (TPSA) is 83.7 Å². The third-order valence-electron chi connectivity index (χ3n) is 2.43. The van der Waals surface area contributed by atoms with Gasteiger partial charge in [-0.05, 0) is 28.5 Å². The Balaban J connectivity index is 1.84. The molecule has 0 amide bonds. The second-order valence-electron chi connectivity index (χ2n) is 3.74. The molecule has 1 aliphatic heterocycles. The summed E-state index contributed by atoms with van der Waals surface area (Å²) in [6, 6.07) is 3.11. The lowest BCUT2D eigenvalue weighted by molar-refractivity contribution is -0.390. The number of ether oxygens (including phenoxy) is 3. The smallest absolute Gasteiger partial charge is 0.406 e. The number of nitro groups is 1. The van der Waals surface area contributed by atoms with E-state index < -0.39 is 4.92 Å². The Morgan fingerprint density at radius 1 is 1.50 bits per heavy atom. The van der Waals surface area contributed by atoms with Gasteiger partial charge in [0.05, 0.1) is 19.8 Å². The summed E-state index contributed by atoms with van der Waals surface area (Å²) in [6.07, 6.45) is 2.50. The zero-order chi connectivity index (χ0) is 12.8. The Morgan fingerprint density at radius 3 is 3.00 bits per heavy atom. The van der Waals surface area contributed by atoms with Gasteiger partial charge >= 0.3 is 5.82 Å². The maximum Gasteiger partial charge on any atom is 0.406 e. The van der Waals surface area contributed by atoms with Gasteiger partial charge in [-0.25, -0.2) is 0 Å². The standard InChI is InChI=1S/C11H14N2O5/c14-13(15)11-9(3-1-5-12-11)16-8-4-10-17-6-2-7-18-10/h1,3,5,10H,2,4,6-8H2. The molecule has 1 aromatic rings. The van der Waals surface area contributed by atoms with Gasteiger partial charge in [-0.2, -0.15) is 0 Å². The molecule has 1 saturated heterocycles. The Labute approximate surface area is 104 Å². The fourth-order valence-electron chi connectivity index (χ4n) is 1.60. The van der Waals surface area contributed by atoms with Crippen LogP contribution in [0.2, 0.25) is 0 Å². The quantitative estimate of drug-likeness (QED) is 0.585. The van der Waals surface area contributed by atoms with Crippen molar-refractivity contribution in [3.05, 3.63) is 28.4 Å². The number of rotatable bonds is 5. The van der Waals surface area contributed by atoms with Gasteiger partial charge in [0.25, 0.3) is 0 Å². The maximum atomic E-state index is 10.7. The summed E-state index contributed by atoms with van der Waals surface area (Å²) in [5, 5.41) is 10.7. The minimum Gasteiger partial charge on any atom is -0.485 e. The molecule has 1 fully saturated rings. The molecule has 0 N–H and O–H groups in total. The molecule has 0 atom stereocenters. The molecular formula is C11H14N2O5. The van der Waals surface area contributed by atoms with Gasteiger partial charge in [-0.15, -0.1) is 0 Å². The van der Waals surface area contributed by atoms with E-state index in [9.17, 15) is 10.1 Å². The van der Waals surface area contributed by atoms with E-state index in [1.165, 1.54) is 12.3 Å². The van der Waals surface area contributed by atoms with Crippen LogP contribution in [0.1, 0.15) is 12.8 Å². The first-order valence-electron chi connectivity index (χ1n) is 5.73. The van der Waals surface area contributed by atoms with Crippen LogP contribution in [-0.4, -0.2) is 36.0 Å². The molecule has 7 nitrogen and oxygen atoms in total. The first-order chi connectivity index (χ1) is 8.77. The Kier molecular flexibility index (Phi) is 4.43. The van der Waals surface area contributed by atoms with Crippen LogP contribution < -0.4 is 4.74 Å². The first-order valence-corrected chi connectivity index (χ1v) is 5.73. The summed E-state index contributed by atoms with van der Waals surface area (Å²) in [7, 11) is 0. The van der Waals surface area contributed by atoms with Crippen LogP contribution in [0, 0.1) is 10.1 Å². The van der Waals surface area contributed by atoms with Crippen molar-refractivity contribution in [2.75, 3.05) is 19.8 Å². The van der Waals surface area contributed by atoms with E-state index in [0.717, 1.165) is 6.42 Å². The Morgan fingerprint density at radius 2 is 2.28 bits per heavy atom. The van der Waals surface area contributed by atoms with Crippen molar-refractivity contribution < 1.29 is 19.1 Å². The number of hydrogen-bond acceptors (Lipinski definition) is 6. The highest BCUT2D eigenvalue weighted by Crippen LogP contribution is 2.23. The van der Waals surface area contributed by atoms with E-state index in [2.05, 4.69) is 4.98 Å². The van der Waals surface area contributed by atoms with E-state index in [1.807, 2.05) is 0 Å². The van der Waals surface area contributed by atoms with Crippen LogP contribution >= 0.6 is 0 Å². The summed E-state index contributed by atoms with van der Waals surface area (Å²) in [5.74, 6) is -0.110. The maximum absolute atomic E-state index is 10.7. The number of pyridine rings is 1. The summed E-state index contributed by atoms with van der Waals surface area (Å²) in [5.41, 5.74) is 0. The lowest BCUT2D eigenvalue weighted by Gasteiger charge is -2.22. The molecule has 98 valence electrons. The predicted octanol–water partition coefficient (Wildman–Crippen LogP) is 1.52. The number of hydrogen-bond donors (Lipinski definition) is 0. The van der Waals surface area contributed by atoms with Gasteiger partial charge < -0.3 is 24.3 Å². The van der Waals surface area contributed by atoms with Gasteiger partial charge in [0, 0.05) is 6.42 Å². The largest absolute Gasteiger partial charge is 0.485 e. The summed E-state index contributed by atoms with van der Waals surface area (Å²) in [6.45, 7) is 1.65. The molecule has 0 spiro atoms. The molecule has 0 saturated carbocycles. The van der Waals surface area contributed by atoms with Crippen LogP contribution in [0.5, 0.6) is 5.75 Å². The second-order valence-corrected chi connectivity index (χ2v) is 3.74. The molecule has 2 heterocycles. The minimum absolute atomic E-state index is 0.165. The van der Waals surface area contributed by atoms with Crippen LogP contribution in [0.25, 0.3) is 0 Å². The van der Waals surface area contributed by atoms with Crippen molar-refractivity contribution in [3.63, 3.8) is 0 Å². The first kappa shape index (κ1) is 12.7. The lowest BCUT2D eigenvalue weighted by Crippen LogP contribution is -2.26. The molecule has 2 rings (SSSR count). The average molecular weight is 254 g/mol. The molecular weight excluding hydrogens is 240 g/mol. The fraction of sp³-hybridized carbons (Fsp3) is 0.545. The van der Waals surface area contributed by atoms with Gasteiger partial charge in [-0.3, -0.25) is 0 Å². The van der Waals surface area contributed by atoms with Crippen molar-refractivity contribution in [1.29, 1.82) is 0 Å². The zero-order valence-electron chi connectivity index (χ0n) is 9.78. The zero-order valence-corrected chi connectivity index (χ0v) is 9.78. The van der Waals surface area contributed by atoms with Crippen LogP contribution in [0.3, 0.4) is 0 Å². The van der Waals surface area contributed by atoms with Crippen LogP contribution in [-0.2, 0) is 9.47 Å². The Bertz CT molecular complexity index is 406. The number of nitrogens with zero attached hydrogens (tertiary/aromatic N) is 2. The summed E-state index contributed by atoms with van der Waals surface area (Å²) in [4.78, 5) is 13.8. The predicted molar refractivity (Wildman–Crippen MR) is 61.3 cm³/mol. The van der Waals surface area contributed by atoms with E-state index in [-0.39, 0.29) is 24.5 Å². The Hall–Kier alpha value is -1.73. The molecule has 1 aromatic heterocycles. The highest BCUT2D eigenvalue weighted by molar-refractivity contribution is 5.38. The molecule has 0 bridgehead atoms. The van der Waals surface area contributed by atoms with E-state index in [1.54, 1.807) is 6.07 Å². The van der Waals surface area contributed by atoms with Crippen molar-refractivity contribution in [2.24, 2.45) is 0 Å². The fourth-order valence-corrected chi connectivity index (χ4v) is 1.60. The second kappa shape index (κ2) is 6.27. The molecule has 18 heavy (non-hydrogen) atoms. The lowest BCUT2D eigenvalue weighted by atomic mass is 10.4. The van der Waals surface area contributed by atoms with E-state index >= 15 is 0 Å². The molecule has 0 aliphatic carbocycles. The third-order valence-corrected chi connectivity index (χ3v) is 2.43. The normalized spacial score (nSPS) is 16.4. The average Bonchev–Trinajstić information content (AvgIpc) is 2.40. The highest BCUT2D eigenvalue weighted by Gasteiger charge is 2.17. The van der Waals surface area contributed by atoms with Gasteiger partial charge in [0.2, 0.25) is 5.75 Å². The number of aromatic nitrogens is 1. The molecule has 0 aromatic carbocycles. The summed E-state index contributed by atoms with van der Waals surface area (Å²) < 4.78 is 16.0. The van der Waals surface area contributed by atoms with Crippen LogP contribution in [0.15, 0.2) is 18.3 Å².